The maximum Gasteiger partial charge on any atom is 0.159 e. The molecule has 0 aliphatic carbocycles. The zero-order chi connectivity index (χ0) is 10.1. The first-order chi connectivity index (χ1) is 6.26. The third-order valence-corrected chi connectivity index (χ3v) is 2.44. The quantitative estimate of drug-likeness (QED) is 0.430. The van der Waals surface area contributed by atoms with Crippen LogP contribution in [0.5, 0.6) is 0 Å². The number of unbranched alkanes of at least 4 members (excludes halogenated alkanes) is 3. The Morgan fingerprint density at radius 3 is 2.08 bits per heavy atom. The molecule has 0 radical (unpaired) electrons. The number of hydrogen-bond acceptors (Lipinski definition) is 2. The van der Waals surface area contributed by atoms with Crippen molar-refractivity contribution < 1.29 is 9.47 Å². The summed E-state index contributed by atoms with van der Waals surface area (Å²) in [5.41, 5.74) is 0. The second-order valence-electron chi connectivity index (χ2n) is 3.67. The van der Waals surface area contributed by atoms with Crippen molar-refractivity contribution in [3.05, 3.63) is 0 Å². The Bertz CT molecular complexity index is 100. The van der Waals surface area contributed by atoms with Crippen LogP contribution in [-0.4, -0.2) is 20.5 Å². The second-order valence-corrected chi connectivity index (χ2v) is 3.67. The average molecular weight is 188 g/mol. The lowest BCUT2D eigenvalue weighted by molar-refractivity contribution is -0.134. The van der Waals surface area contributed by atoms with Crippen molar-refractivity contribution >= 4 is 0 Å². The molecule has 0 aliphatic heterocycles. The molecule has 1 unspecified atom stereocenters. The SMILES string of the molecule is CCCCCCC(C)C(OC)OC. The van der Waals surface area contributed by atoms with Gasteiger partial charge < -0.3 is 9.47 Å². The summed E-state index contributed by atoms with van der Waals surface area (Å²) in [6, 6.07) is 0. The van der Waals surface area contributed by atoms with E-state index < -0.39 is 0 Å². The van der Waals surface area contributed by atoms with E-state index in [1.807, 2.05) is 0 Å². The lowest BCUT2D eigenvalue weighted by atomic mass is 10.0. The van der Waals surface area contributed by atoms with Gasteiger partial charge in [0.1, 0.15) is 0 Å². The van der Waals surface area contributed by atoms with Crippen molar-refractivity contribution in [3.8, 4) is 0 Å². The van der Waals surface area contributed by atoms with Crippen LogP contribution in [0.25, 0.3) is 0 Å². The standard InChI is InChI=1S/C11H24O2/c1-5-6-7-8-9-10(2)11(12-3)13-4/h10-11H,5-9H2,1-4H3. The molecule has 1 atom stereocenters. The first-order valence-corrected chi connectivity index (χ1v) is 5.31. The largest absolute Gasteiger partial charge is 0.356 e. The molecule has 2 heteroatoms. The normalized spacial score (nSPS) is 13.6. The van der Waals surface area contributed by atoms with E-state index in [-0.39, 0.29) is 6.29 Å². The van der Waals surface area contributed by atoms with Crippen LogP contribution in [0.1, 0.15) is 46.0 Å². The Balaban J connectivity index is 3.42. The molecular weight excluding hydrogens is 164 g/mol. The van der Waals surface area contributed by atoms with Gasteiger partial charge in [-0.2, -0.15) is 0 Å². The summed E-state index contributed by atoms with van der Waals surface area (Å²) in [6.45, 7) is 4.42. The third-order valence-electron chi connectivity index (χ3n) is 2.44. The van der Waals surface area contributed by atoms with Crippen molar-refractivity contribution in [2.45, 2.75) is 52.2 Å². The third kappa shape index (κ3) is 6.05. The van der Waals surface area contributed by atoms with Gasteiger partial charge in [0, 0.05) is 20.1 Å². The molecule has 0 aromatic rings. The van der Waals surface area contributed by atoms with Crippen molar-refractivity contribution in [2.75, 3.05) is 14.2 Å². The molecule has 13 heavy (non-hydrogen) atoms. The fourth-order valence-electron chi connectivity index (χ4n) is 1.59. The smallest absolute Gasteiger partial charge is 0.159 e. The molecule has 0 amide bonds. The summed E-state index contributed by atoms with van der Waals surface area (Å²) >= 11 is 0. The Labute approximate surface area is 82.6 Å². The fraction of sp³-hybridized carbons (Fsp3) is 1.00. The lowest BCUT2D eigenvalue weighted by Gasteiger charge is -2.20. The number of rotatable bonds is 8. The summed E-state index contributed by atoms with van der Waals surface area (Å²) < 4.78 is 10.4. The molecule has 0 saturated carbocycles. The number of hydrogen-bond donors (Lipinski definition) is 0. The summed E-state index contributed by atoms with van der Waals surface area (Å²) in [4.78, 5) is 0. The topological polar surface area (TPSA) is 18.5 Å². The van der Waals surface area contributed by atoms with Crippen LogP contribution in [0.3, 0.4) is 0 Å². The minimum absolute atomic E-state index is 0.0263. The fourth-order valence-corrected chi connectivity index (χ4v) is 1.59. The van der Waals surface area contributed by atoms with Crippen molar-refractivity contribution in [1.82, 2.24) is 0 Å². The van der Waals surface area contributed by atoms with Crippen molar-refractivity contribution in [2.24, 2.45) is 5.92 Å². The van der Waals surface area contributed by atoms with E-state index >= 15 is 0 Å². The van der Waals surface area contributed by atoms with E-state index in [1.165, 1.54) is 32.1 Å². The molecule has 0 aromatic carbocycles. The van der Waals surface area contributed by atoms with Crippen LogP contribution in [0, 0.1) is 5.92 Å². The molecule has 0 spiro atoms. The van der Waals surface area contributed by atoms with Crippen LogP contribution in [0.4, 0.5) is 0 Å². The molecule has 0 rings (SSSR count). The summed E-state index contributed by atoms with van der Waals surface area (Å²) in [5, 5.41) is 0. The Morgan fingerprint density at radius 2 is 1.62 bits per heavy atom. The van der Waals surface area contributed by atoms with Crippen LogP contribution < -0.4 is 0 Å². The van der Waals surface area contributed by atoms with Crippen LogP contribution in [0.15, 0.2) is 0 Å². The summed E-state index contributed by atoms with van der Waals surface area (Å²) in [5.74, 6) is 0.506. The predicted molar refractivity (Wildman–Crippen MR) is 55.7 cm³/mol. The summed E-state index contributed by atoms with van der Waals surface area (Å²) in [7, 11) is 3.41. The van der Waals surface area contributed by atoms with Crippen molar-refractivity contribution in [1.29, 1.82) is 0 Å². The molecular formula is C11H24O2. The molecule has 0 bridgehead atoms. The van der Waals surface area contributed by atoms with Gasteiger partial charge in [-0.1, -0.05) is 39.5 Å². The minimum atomic E-state index is -0.0263. The van der Waals surface area contributed by atoms with E-state index in [9.17, 15) is 0 Å². The van der Waals surface area contributed by atoms with Gasteiger partial charge in [-0.3, -0.25) is 0 Å². The van der Waals surface area contributed by atoms with Gasteiger partial charge in [-0.15, -0.1) is 0 Å². The van der Waals surface area contributed by atoms with Crippen LogP contribution in [-0.2, 0) is 9.47 Å². The minimum Gasteiger partial charge on any atom is -0.356 e. The Kier molecular flexibility index (Phi) is 8.46. The van der Waals surface area contributed by atoms with Gasteiger partial charge >= 0.3 is 0 Å². The highest BCUT2D eigenvalue weighted by Crippen LogP contribution is 2.16. The maximum absolute atomic E-state index is 5.20. The molecule has 0 saturated heterocycles. The first kappa shape index (κ1) is 12.9. The molecule has 0 aromatic heterocycles. The van der Waals surface area contributed by atoms with Gasteiger partial charge in [0.25, 0.3) is 0 Å². The molecule has 0 fully saturated rings. The second kappa shape index (κ2) is 8.52. The van der Waals surface area contributed by atoms with Gasteiger partial charge in [-0.05, 0) is 6.42 Å². The van der Waals surface area contributed by atoms with E-state index in [0.717, 1.165) is 0 Å². The maximum atomic E-state index is 5.20. The van der Waals surface area contributed by atoms with E-state index in [1.54, 1.807) is 14.2 Å². The monoisotopic (exact) mass is 188 g/mol. The van der Waals surface area contributed by atoms with Gasteiger partial charge in [0.15, 0.2) is 6.29 Å². The molecule has 80 valence electrons. The lowest BCUT2D eigenvalue weighted by Crippen LogP contribution is -2.22. The van der Waals surface area contributed by atoms with E-state index in [0.29, 0.717) is 5.92 Å². The zero-order valence-corrected chi connectivity index (χ0v) is 9.51. The van der Waals surface area contributed by atoms with E-state index in [4.69, 9.17) is 9.47 Å². The van der Waals surface area contributed by atoms with Crippen molar-refractivity contribution in [3.63, 3.8) is 0 Å². The molecule has 0 N–H and O–H groups in total. The van der Waals surface area contributed by atoms with Gasteiger partial charge in [-0.25, -0.2) is 0 Å². The van der Waals surface area contributed by atoms with Gasteiger partial charge in [0.05, 0.1) is 0 Å². The number of methoxy groups -OCH3 is 2. The van der Waals surface area contributed by atoms with Crippen LogP contribution >= 0.6 is 0 Å². The highest BCUT2D eigenvalue weighted by Gasteiger charge is 2.14. The predicted octanol–water partition coefficient (Wildman–Crippen LogP) is 3.21. The van der Waals surface area contributed by atoms with Gasteiger partial charge in [0.2, 0.25) is 0 Å². The molecule has 0 heterocycles. The highest BCUT2D eigenvalue weighted by molar-refractivity contribution is 4.57. The Morgan fingerprint density at radius 1 is 1.00 bits per heavy atom. The first-order valence-electron chi connectivity index (χ1n) is 5.31. The molecule has 2 nitrogen and oxygen atoms in total. The zero-order valence-electron chi connectivity index (χ0n) is 9.51. The van der Waals surface area contributed by atoms with E-state index in [2.05, 4.69) is 13.8 Å². The van der Waals surface area contributed by atoms with Crippen LogP contribution in [0.2, 0.25) is 0 Å². The Hall–Kier alpha value is -0.0800. The average Bonchev–Trinajstić information content (AvgIpc) is 2.14. The molecule has 0 aliphatic rings. The number of ether oxygens (including phenoxy) is 2. The summed E-state index contributed by atoms with van der Waals surface area (Å²) in [6.07, 6.45) is 6.44. The highest BCUT2D eigenvalue weighted by atomic mass is 16.7.